The topological polar surface area (TPSA) is 74.4 Å². The number of anilines is 1. The van der Waals surface area contributed by atoms with E-state index in [-0.39, 0.29) is 24.2 Å². The number of carbonyl (C=O) groups is 2. The van der Waals surface area contributed by atoms with Crippen LogP contribution in [0, 0.1) is 5.82 Å². The number of hydrogen-bond acceptors (Lipinski definition) is 3. The number of carbonyl (C=O) groups excluding carboxylic acids is 2. The second-order valence-corrected chi connectivity index (χ2v) is 6.80. The van der Waals surface area contributed by atoms with Gasteiger partial charge >= 0.3 is 0 Å². The smallest absolute Gasteiger partial charge is 0.262 e. The second-order valence-electron chi connectivity index (χ2n) is 6.80. The summed E-state index contributed by atoms with van der Waals surface area (Å²) in [4.78, 5) is 29.4. The summed E-state index contributed by atoms with van der Waals surface area (Å²) in [6, 6.07) is 9.68. The Morgan fingerprint density at radius 3 is 2.96 bits per heavy atom. The van der Waals surface area contributed by atoms with Crippen molar-refractivity contribution in [2.75, 3.05) is 18.5 Å². The Bertz CT molecular complexity index is 1110. The first-order valence-corrected chi connectivity index (χ1v) is 8.73. The number of amides is 2. The van der Waals surface area contributed by atoms with Crippen molar-refractivity contribution in [1.82, 2.24) is 9.88 Å². The highest BCUT2D eigenvalue weighted by Gasteiger charge is 2.26. The van der Waals surface area contributed by atoms with Crippen LogP contribution in [0.3, 0.4) is 0 Å². The maximum atomic E-state index is 13.7. The van der Waals surface area contributed by atoms with Crippen LogP contribution in [0.15, 0.2) is 36.4 Å². The van der Waals surface area contributed by atoms with E-state index in [0.29, 0.717) is 36.5 Å². The molecule has 6 nitrogen and oxygen atoms in total. The minimum Gasteiger partial charge on any atom is -0.482 e. The van der Waals surface area contributed by atoms with Gasteiger partial charge in [0.2, 0.25) is 0 Å². The van der Waals surface area contributed by atoms with E-state index in [9.17, 15) is 14.0 Å². The summed E-state index contributed by atoms with van der Waals surface area (Å²) >= 11 is 0. The molecule has 0 bridgehead atoms. The van der Waals surface area contributed by atoms with Crippen LogP contribution >= 0.6 is 0 Å². The highest BCUT2D eigenvalue weighted by molar-refractivity contribution is 5.99. The quantitative estimate of drug-likeness (QED) is 0.696. The molecule has 2 aromatic carbocycles. The van der Waals surface area contributed by atoms with E-state index in [2.05, 4.69) is 10.3 Å². The molecule has 0 atom stereocenters. The van der Waals surface area contributed by atoms with Gasteiger partial charge in [-0.05, 0) is 36.4 Å². The summed E-state index contributed by atoms with van der Waals surface area (Å²) in [5.74, 6) is -0.125. The lowest BCUT2D eigenvalue weighted by Gasteiger charge is -2.28. The molecule has 3 heterocycles. The van der Waals surface area contributed by atoms with Crippen LogP contribution in [-0.2, 0) is 17.8 Å². The number of aromatic nitrogens is 1. The fourth-order valence-electron chi connectivity index (χ4n) is 3.75. The largest absolute Gasteiger partial charge is 0.482 e. The molecule has 0 unspecified atom stereocenters. The third-order valence-electron chi connectivity index (χ3n) is 5.09. The minimum absolute atomic E-state index is 0.0569. The van der Waals surface area contributed by atoms with Crippen molar-refractivity contribution in [3.05, 3.63) is 59.0 Å². The van der Waals surface area contributed by atoms with E-state index >= 15 is 0 Å². The molecule has 2 aliphatic heterocycles. The Kier molecular flexibility index (Phi) is 3.43. The van der Waals surface area contributed by atoms with Crippen LogP contribution in [0.25, 0.3) is 10.9 Å². The average Bonchev–Trinajstić information content (AvgIpc) is 3.04. The SMILES string of the molecule is O=C1COc2cc(C(=O)N3CCc4[nH]c5ccc(F)cc5c4C3)ccc2N1. The number of halogens is 1. The number of aromatic amines is 1. The zero-order valence-electron chi connectivity index (χ0n) is 14.3. The van der Waals surface area contributed by atoms with E-state index in [0.717, 1.165) is 22.2 Å². The number of rotatable bonds is 1. The Labute approximate surface area is 153 Å². The van der Waals surface area contributed by atoms with Crippen molar-refractivity contribution >= 4 is 28.4 Å². The summed E-state index contributed by atoms with van der Waals surface area (Å²) in [5.41, 5.74) is 3.96. The molecule has 0 fully saturated rings. The van der Waals surface area contributed by atoms with Gasteiger partial charge in [0.05, 0.1) is 5.69 Å². The number of nitrogens with one attached hydrogen (secondary N) is 2. The van der Waals surface area contributed by atoms with Gasteiger partial charge in [0, 0.05) is 47.2 Å². The number of ether oxygens (including phenoxy) is 1. The zero-order chi connectivity index (χ0) is 18.5. The number of H-pyrrole nitrogens is 1. The average molecular weight is 365 g/mol. The normalized spacial score (nSPS) is 15.7. The van der Waals surface area contributed by atoms with E-state index in [1.807, 2.05) is 0 Å². The molecule has 0 spiro atoms. The summed E-state index contributed by atoms with van der Waals surface area (Å²) in [6.07, 6.45) is 0.689. The predicted octanol–water partition coefficient (Wildman–Crippen LogP) is 2.84. The highest BCUT2D eigenvalue weighted by Crippen LogP contribution is 2.31. The Balaban J connectivity index is 1.45. The molecule has 3 aromatic rings. The monoisotopic (exact) mass is 365 g/mol. The third kappa shape index (κ3) is 2.63. The second kappa shape index (κ2) is 5.84. The Hall–Kier alpha value is -3.35. The lowest BCUT2D eigenvalue weighted by atomic mass is 10.0. The molecule has 2 N–H and O–H groups in total. The van der Waals surface area contributed by atoms with E-state index in [1.54, 1.807) is 29.2 Å². The summed E-state index contributed by atoms with van der Waals surface area (Å²) in [5, 5.41) is 3.53. The van der Waals surface area contributed by atoms with Gasteiger partial charge < -0.3 is 19.9 Å². The standard InChI is InChI=1S/C20H16FN3O3/c21-12-2-4-15-13(8-12)14-9-24(6-5-16(14)22-15)20(26)11-1-3-17-18(7-11)27-10-19(25)23-17/h1-4,7-8,22H,5-6,9-10H2,(H,23,25). The van der Waals surface area contributed by atoms with Gasteiger partial charge in [-0.3, -0.25) is 9.59 Å². The zero-order valence-corrected chi connectivity index (χ0v) is 14.3. The Morgan fingerprint density at radius 1 is 1.19 bits per heavy atom. The van der Waals surface area contributed by atoms with Crippen molar-refractivity contribution < 1.29 is 18.7 Å². The van der Waals surface area contributed by atoms with Gasteiger partial charge in [-0.2, -0.15) is 0 Å². The van der Waals surface area contributed by atoms with Crippen LogP contribution in [-0.4, -0.2) is 34.8 Å². The van der Waals surface area contributed by atoms with Crippen LogP contribution in [0.2, 0.25) is 0 Å². The fraction of sp³-hybridized carbons (Fsp3) is 0.200. The molecule has 0 radical (unpaired) electrons. The first-order valence-electron chi connectivity index (χ1n) is 8.73. The lowest BCUT2D eigenvalue weighted by Crippen LogP contribution is -2.36. The van der Waals surface area contributed by atoms with Crippen LogP contribution < -0.4 is 10.1 Å². The van der Waals surface area contributed by atoms with Crippen molar-refractivity contribution in [1.29, 1.82) is 0 Å². The minimum atomic E-state index is -0.290. The van der Waals surface area contributed by atoms with Gasteiger partial charge in [-0.1, -0.05) is 0 Å². The number of fused-ring (bicyclic) bond motifs is 4. The molecule has 136 valence electrons. The van der Waals surface area contributed by atoms with Crippen molar-refractivity contribution in [3.63, 3.8) is 0 Å². The molecule has 0 saturated heterocycles. The first-order chi connectivity index (χ1) is 13.1. The van der Waals surface area contributed by atoms with Crippen LogP contribution in [0.5, 0.6) is 5.75 Å². The summed E-state index contributed by atoms with van der Waals surface area (Å²) in [6.45, 7) is 0.945. The van der Waals surface area contributed by atoms with Crippen molar-refractivity contribution in [2.45, 2.75) is 13.0 Å². The molecule has 0 saturated carbocycles. The van der Waals surface area contributed by atoms with E-state index in [1.165, 1.54) is 12.1 Å². The number of nitrogens with zero attached hydrogens (tertiary/aromatic N) is 1. The molecule has 27 heavy (non-hydrogen) atoms. The van der Waals surface area contributed by atoms with E-state index in [4.69, 9.17) is 4.74 Å². The molecule has 1 aromatic heterocycles. The van der Waals surface area contributed by atoms with E-state index < -0.39 is 0 Å². The van der Waals surface area contributed by atoms with Gasteiger partial charge in [-0.25, -0.2) is 4.39 Å². The van der Waals surface area contributed by atoms with Gasteiger partial charge in [0.25, 0.3) is 11.8 Å². The summed E-state index contributed by atoms with van der Waals surface area (Å²) < 4.78 is 19.1. The van der Waals surface area contributed by atoms with Gasteiger partial charge in [0.15, 0.2) is 6.61 Å². The molecule has 5 rings (SSSR count). The maximum absolute atomic E-state index is 13.7. The Morgan fingerprint density at radius 2 is 2.07 bits per heavy atom. The highest BCUT2D eigenvalue weighted by atomic mass is 19.1. The van der Waals surface area contributed by atoms with Crippen molar-refractivity contribution in [2.24, 2.45) is 0 Å². The van der Waals surface area contributed by atoms with Crippen LogP contribution in [0.4, 0.5) is 10.1 Å². The lowest BCUT2D eigenvalue weighted by molar-refractivity contribution is -0.118. The molecular formula is C20H16FN3O3. The molecular weight excluding hydrogens is 349 g/mol. The van der Waals surface area contributed by atoms with Crippen LogP contribution in [0.1, 0.15) is 21.6 Å². The van der Waals surface area contributed by atoms with Crippen molar-refractivity contribution in [3.8, 4) is 5.75 Å². The predicted molar refractivity (Wildman–Crippen MR) is 97.3 cm³/mol. The molecule has 7 heteroatoms. The fourth-order valence-corrected chi connectivity index (χ4v) is 3.75. The van der Waals surface area contributed by atoms with Gasteiger partial charge in [-0.15, -0.1) is 0 Å². The van der Waals surface area contributed by atoms with Gasteiger partial charge in [0.1, 0.15) is 11.6 Å². The maximum Gasteiger partial charge on any atom is 0.262 e. The molecule has 0 aliphatic carbocycles. The summed E-state index contributed by atoms with van der Waals surface area (Å²) in [7, 11) is 0. The molecule has 2 amide bonds. The molecule has 2 aliphatic rings. The number of hydrogen-bond donors (Lipinski definition) is 2. The first kappa shape index (κ1) is 15.9. The third-order valence-corrected chi connectivity index (χ3v) is 5.09. The number of benzene rings is 2.